The first-order chi connectivity index (χ1) is 9.26. The third kappa shape index (κ3) is 5.93. The van der Waals surface area contributed by atoms with Crippen molar-refractivity contribution in [3.63, 3.8) is 0 Å². The Labute approximate surface area is 122 Å². The van der Waals surface area contributed by atoms with E-state index in [0.717, 1.165) is 12.8 Å². The zero-order chi connectivity index (χ0) is 15.8. The summed E-state index contributed by atoms with van der Waals surface area (Å²) in [5.74, 6) is -0.481. The number of esters is 1. The van der Waals surface area contributed by atoms with Crippen LogP contribution in [0.5, 0.6) is 0 Å². The van der Waals surface area contributed by atoms with Gasteiger partial charge in [0.15, 0.2) is 0 Å². The van der Waals surface area contributed by atoms with Gasteiger partial charge in [0.25, 0.3) is 0 Å². The van der Waals surface area contributed by atoms with Gasteiger partial charge in [-0.3, -0.25) is 9.59 Å². The van der Waals surface area contributed by atoms with Gasteiger partial charge in [0.05, 0.1) is 0 Å². The highest BCUT2D eigenvalue weighted by molar-refractivity contribution is 5.70. The third-order valence-electron chi connectivity index (χ3n) is 3.92. The smallest absolute Gasteiger partial charge is 0.306 e. The van der Waals surface area contributed by atoms with Crippen molar-refractivity contribution in [3.05, 3.63) is 0 Å². The lowest BCUT2D eigenvalue weighted by Crippen LogP contribution is -2.45. The van der Waals surface area contributed by atoms with Gasteiger partial charge in [0.1, 0.15) is 5.60 Å². The molecule has 0 saturated carbocycles. The summed E-state index contributed by atoms with van der Waals surface area (Å²) in [6.45, 7) is 10.5. The summed E-state index contributed by atoms with van der Waals surface area (Å²) < 4.78 is 5.82. The van der Waals surface area contributed by atoms with E-state index in [1.54, 1.807) is 0 Å². The SMILES string of the molecule is CCCC(OC(=O)CCCCC(=O)O)(C(C)C)C(C)C. The lowest BCUT2D eigenvalue weighted by molar-refractivity contribution is -0.173. The Balaban J connectivity index is 4.50. The first-order valence-electron chi connectivity index (χ1n) is 7.69. The summed E-state index contributed by atoms with van der Waals surface area (Å²) in [6, 6.07) is 0. The van der Waals surface area contributed by atoms with Crippen LogP contribution in [0, 0.1) is 11.8 Å². The highest BCUT2D eigenvalue weighted by Gasteiger charge is 2.39. The largest absolute Gasteiger partial charge is 0.481 e. The van der Waals surface area contributed by atoms with Gasteiger partial charge in [-0.2, -0.15) is 0 Å². The van der Waals surface area contributed by atoms with Crippen LogP contribution in [0.25, 0.3) is 0 Å². The molecular weight excluding hydrogens is 256 g/mol. The highest BCUT2D eigenvalue weighted by atomic mass is 16.6. The topological polar surface area (TPSA) is 63.6 Å². The molecule has 0 aliphatic rings. The minimum Gasteiger partial charge on any atom is -0.481 e. The molecular formula is C16H30O4. The van der Waals surface area contributed by atoms with E-state index in [2.05, 4.69) is 34.6 Å². The van der Waals surface area contributed by atoms with E-state index in [9.17, 15) is 9.59 Å². The van der Waals surface area contributed by atoms with Crippen molar-refractivity contribution in [3.8, 4) is 0 Å². The van der Waals surface area contributed by atoms with Gasteiger partial charge >= 0.3 is 11.9 Å². The summed E-state index contributed by atoms with van der Waals surface area (Å²) >= 11 is 0. The van der Waals surface area contributed by atoms with Gasteiger partial charge in [-0.1, -0.05) is 41.0 Å². The molecule has 0 spiro atoms. The van der Waals surface area contributed by atoms with Crippen LogP contribution in [-0.2, 0) is 14.3 Å². The number of carboxylic acid groups (broad SMARTS) is 1. The fraction of sp³-hybridized carbons (Fsp3) is 0.875. The average molecular weight is 286 g/mol. The average Bonchev–Trinajstić information content (AvgIpc) is 2.33. The lowest BCUT2D eigenvalue weighted by atomic mass is 9.77. The highest BCUT2D eigenvalue weighted by Crippen LogP contribution is 2.35. The van der Waals surface area contributed by atoms with Crippen molar-refractivity contribution >= 4 is 11.9 Å². The van der Waals surface area contributed by atoms with Crippen LogP contribution in [0.3, 0.4) is 0 Å². The molecule has 4 nitrogen and oxygen atoms in total. The Bertz CT molecular complexity index is 300. The number of ether oxygens (including phenoxy) is 1. The number of rotatable bonds is 10. The van der Waals surface area contributed by atoms with Gasteiger partial charge in [-0.25, -0.2) is 0 Å². The molecule has 0 aromatic heterocycles. The predicted octanol–water partition coefficient (Wildman–Crippen LogP) is 4.03. The maximum Gasteiger partial charge on any atom is 0.306 e. The van der Waals surface area contributed by atoms with Gasteiger partial charge in [-0.15, -0.1) is 0 Å². The number of aliphatic carboxylic acids is 1. The van der Waals surface area contributed by atoms with Gasteiger partial charge < -0.3 is 9.84 Å². The second-order valence-corrected chi connectivity index (χ2v) is 6.09. The first-order valence-corrected chi connectivity index (χ1v) is 7.69. The van der Waals surface area contributed by atoms with Crippen LogP contribution in [0.1, 0.15) is 73.1 Å². The second-order valence-electron chi connectivity index (χ2n) is 6.09. The molecule has 0 aromatic carbocycles. The van der Waals surface area contributed by atoms with Gasteiger partial charge in [-0.05, 0) is 31.1 Å². The maximum absolute atomic E-state index is 12.0. The molecule has 0 aromatic rings. The van der Waals surface area contributed by atoms with E-state index in [1.807, 2.05) is 0 Å². The molecule has 0 radical (unpaired) electrons. The second kappa shape index (κ2) is 8.98. The molecule has 0 atom stereocenters. The van der Waals surface area contributed by atoms with E-state index in [4.69, 9.17) is 9.84 Å². The van der Waals surface area contributed by atoms with Crippen LogP contribution in [0.4, 0.5) is 0 Å². The third-order valence-corrected chi connectivity index (χ3v) is 3.92. The minimum absolute atomic E-state index is 0.113. The fourth-order valence-electron chi connectivity index (χ4n) is 2.73. The van der Waals surface area contributed by atoms with E-state index in [0.29, 0.717) is 19.3 Å². The Morgan fingerprint density at radius 2 is 1.55 bits per heavy atom. The van der Waals surface area contributed by atoms with Crippen molar-refractivity contribution in [1.82, 2.24) is 0 Å². The number of hydrogen-bond donors (Lipinski definition) is 1. The summed E-state index contributed by atoms with van der Waals surface area (Å²) in [5, 5.41) is 8.56. The Kier molecular flexibility index (Phi) is 8.51. The quantitative estimate of drug-likeness (QED) is 0.486. The molecule has 0 rings (SSSR count). The lowest BCUT2D eigenvalue weighted by Gasteiger charge is -2.40. The molecule has 0 saturated heterocycles. The van der Waals surface area contributed by atoms with Crippen molar-refractivity contribution in [2.24, 2.45) is 11.8 Å². The van der Waals surface area contributed by atoms with Crippen molar-refractivity contribution in [2.45, 2.75) is 78.7 Å². The van der Waals surface area contributed by atoms with Crippen LogP contribution in [-0.4, -0.2) is 22.6 Å². The first kappa shape index (κ1) is 18.9. The maximum atomic E-state index is 12.0. The molecule has 0 aliphatic carbocycles. The van der Waals surface area contributed by atoms with Crippen molar-refractivity contribution in [2.75, 3.05) is 0 Å². The van der Waals surface area contributed by atoms with Gasteiger partial charge in [0, 0.05) is 12.8 Å². The Hall–Kier alpha value is -1.06. The molecule has 118 valence electrons. The fourth-order valence-corrected chi connectivity index (χ4v) is 2.73. The summed E-state index contributed by atoms with van der Waals surface area (Å²) in [5.41, 5.74) is -0.404. The standard InChI is InChI=1S/C16H30O4/c1-6-11-16(12(2)3,13(4)5)20-15(19)10-8-7-9-14(17)18/h12-13H,6-11H2,1-5H3,(H,17,18). The molecule has 1 N–H and O–H groups in total. The van der Waals surface area contributed by atoms with Crippen LogP contribution in [0.2, 0.25) is 0 Å². The monoisotopic (exact) mass is 286 g/mol. The molecule has 0 bridgehead atoms. The molecule has 0 amide bonds. The minimum atomic E-state index is -0.817. The molecule has 0 heterocycles. The van der Waals surface area contributed by atoms with E-state index < -0.39 is 11.6 Å². The predicted molar refractivity (Wildman–Crippen MR) is 79.5 cm³/mol. The molecule has 0 unspecified atom stereocenters. The van der Waals surface area contributed by atoms with E-state index in [-0.39, 0.29) is 24.2 Å². The molecule has 0 aliphatic heterocycles. The van der Waals surface area contributed by atoms with Crippen LogP contribution in [0.15, 0.2) is 0 Å². The van der Waals surface area contributed by atoms with E-state index in [1.165, 1.54) is 0 Å². The van der Waals surface area contributed by atoms with Crippen LogP contribution >= 0.6 is 0 Å². The van der Waals surface area contributed by atoms with E-state index >= 15 is 0 Å². The molecule has 20 heavy (non-hydrogen) atoms. The Morgan fingerprint density at radius 3 is 1.95 bits per heavy atom. The molecule has 0 fully saturated rings. The summed E-state index contributed by atoms with van der Waals surface area (Å²) in [6.07, 6.45) is 3.35. The normalized spacial score (nSPS) is 11.9. The Morgan fingerprint density at radius 1 is 1.05 bits per heavy atom. The number of carboxylic acids is 1. The number of carbonyl (C=O) groups is 2. The number of carbonyl (C=O) groups excluding carboxylic acids is 1. The van der Waals surface area contributed by atoms with Crippen molar-refractivity contribution in [1.29, 1.82) is 0 Å². The van der Waals surface area contributed by atoms with Crippen molar-refractivity contribution < 1.29 is 19.4 Å². The summed E-state index contributed by atoms with van der Waals surface area (Å²) in [7, 11) is 0. The zero-order valence-corrected chi connectivity index (χ0v) is 13.6. The zero-order valence-electron chi connectivity index (χ0n) is 13.6. The molecule has 4 heteroatoms. The summed E-state index contributed by atoms with van der Waals surface area (Å²) in [4.78, 5) is 22.4. The number of hydrogen-bond acceptors (Lipinski definition) is 3. The van der Waals surface area contributed by atoms with Crippen LogP contribution < -0.4 is 0 Å². The van der Waals surface area contributed by atoms with Gasteiger partial charge in [0.2, 0.25) is 0 Å². The number of unbranched alkanes of at least 4 members (excludes halogenated alkanes) is 1.